The molecule has 0 unspecified atom stereocenters. The average Bonchev–Trinajstić information content (AvgIpc) is 2.52. The van der Waals surface area contributed by atoms with E-state index in [9.17, 15) is 15.0 Å². The lowest BCUT2D eigenvalue weighted by molar-refractivity contribution is -0.376. The van der Waals surface area contributed by atoms with Crippen molar-refractivity contribution in [1.29, 1.82) is 0 Å². The summed E-state index contributed by atoms with van der Waals surface area (Å²) in [5.74, 6) is -1.61. The van der Waals surface area contributed by atoms with Crippen LogP contribution in [0.2, 0.25) is 5.02 Å². The van der Waals surface area contributed by atoms with Crippen molar-refractivity contribution < 1.29 is 34.0 Å². The number of rotatable bonds is 2. The number of fused-ring (bicyclic) bond motifs is 1. The van der Waals surface area contributed by atoms with Crippen molar-refractivity contribution in [3.05, 3.63) is 34.9 Å². The maximum Gasteiger partial charge on any atom is 0.340 e. The van der Waals surface area contributed by atoms with Gasteiger partial charge in [-0.25, -0.2) is 4.79 Å². The van der Waals surface area contributed by atoms with Crippen LogP contribution >= 0.6 is 11.6 Å². The van der Waals surface area contributed by atoms with Gasteiger partial charge in [0.2, 0.25) is 6.29 Å². The third-order valence-electron chi connectivity index (χ3n) is 3.94. The predicted octanol–water partition coefficient (Wildman–Crippen LogP) is 1.09. The summed E-state index contributed by atoms with van der Waals surface area (Å²) in [5, 5.41) is 20.9. The number of carbonyl (C=O) groups excluding carboxylic acids is 1. The van der Waals surface area contributed by atoms with E-state index < -0.39 is 42.5 Å². The zero-order valence-corrected chi connectivity index (χ0v) is 14.0. The lowest BCUT2D eigenvalue weighted by atomic mass is 9.97. The van der Waals surface area contributed by atoms with Crippen molar-refractivity contribution in [2.75, 3.05) is 6.61 Å². The van der Waals surface area contributed by atoms with Gasteiger partial charge in [-0.3, -0.25) is 0 Å². The number of aliphatic hydroxyl groups is 2. The van der Waals surface area contributed by atoms with E-state index >= 15 is 0 Å². The monoisotopic (exact) mass is 358 g/mol. The molecule has 2 aliphatic heterocycles. The zero-order chi connectivity index (χ0) is 17.5. The van der Waals surface area contributed by atoms with Gasteiger partial charge in [0.05, 0.1) is 12.2 Å². The number of ether oxygens (including phenoxy) is 4. The van der Waals surface area contributed by atoms with E-state index in [1.165, 1.54) is 12.1 Å². The van der Waals surface area contributed by atoms with Crippen LogP contribution in [0.5, 0.6) is 0 Å². The molecule has 0 bridgehead atoms. The number of esters is 1. The van der Waals surface area contributed by atoms with Gasteiger partial charge in [0, 0.05) is 5.02 Å². The van der Waals surface area contributed by atoms with Crippen molar-refractivity contribution in [3.8, 4) is 0 Å². The first kappa shape index (κ1) is 17.6. The van der Waals surface area contributed by atoms with E-state index in [2.05, 4.69) is 0 Å². The highest BCUT2D eigenvalue weighted by Gasteiger charge is 2.51. The predicted molar refractivity (Wildman–Crippen MR) is 82.4 cm³/mol. The van der Waals surface area contributed by atoms with Crippen LogP contribution < -0.4 is 0 Å². The first-order valence-corrected chi connectivity index (χ1v) is 7.94. The summed E-state index contributed by atoms with van der Waals surface area (Å²) in [7, 11) is 0. The maximum absolute atomic E-state index is 12.2. The number of aliphatic hydroxyl groups excluding tert-OH is 2. The Morgan fingerprint density at radius 2 is 2.08 bits per heavy atom. The lowest BCUT2D eigenvalue weighted by Crippen LogP contribution is -2.64. The molecular weight excluding hydrogens is 340 g/mol. The van der Waals surface area contributed by atoms with Crippen LogP contribution in [0.1, 0.15) is 24.2 Å². The van der Waals surface area contributed by atoms with Gasteiger partial charge in [0.25, 0.3) is 0 Å². The Morgan fingerprint density at radius 1 is 1.33 bits per heavy atom. The summed E-state index contributed by atoms with van der Waals surface area (Å²) in [5.41, 5.74) is 0.215. The van der Waals surface area contributed by atoms with E-state index in [1.807, 2.05) is 0 Å². The Bertz CT molecular complexity index is 618. The van der Waals surface area contributed by atoms with Crippen LogP contribution in [-0.4, -0.2) is 59.3 Å². The van der Waals surface area contributed by atoms with Gasteiger partial charge in [-0.05, 0) is 32.0 Å². The molecule has 3 rings (SSSR count). The molecule has 2 saturated heterocycles. The molecule has 132 valence electrons. The molecule has 2 fully saturated rings. The smallest absolute Gasteiger partial charge is 0.340 e. The Kier molecular flexibility index (Phi) is 4.83. The van der Waals surface area contributed by atoms with E-state index in [0.29, 0.717) is 5.02 Å². The van der Waals surface area contributed by atoms with Gasteiger partial charge in [-0.2, -0.15) is 0 Å². The normalized spacial score (nSPS) is 35.1. The SMILES string of the molecule is CC1(C)OC[C@H]2O[C@@H](OC(=O)c3cccc(Cl)c3)[C@H](O)[C@H](O)[C@@H]2O1. The fourth-order valence-corrected chi connectivity index (χ4v) is 2.91. The van der Waals surface area contributed by atoms with Gasteiger partial charge in [0.15, 0.2) is 5.79 Å². The van der Waals surface area contributed by atoms with Crippen molar-refractivity contribution >= 4 is 17.6 Å². The summed E-state index contributed by atoms with van der Waals surface area (Å²) >= 11 is 5.84. The molecule has 0 aromatic heterocycles. The molecule has 2 heterocycles. The number of hydrogen-bond acceptors (Lipinski definition) is 7. The second kappa shape index (κ2) is 6.59. The van der Waals surface area contributed by atoms with Crippen LogP contribution in [0.25, 0.3) is 0 Å². The first-order valence-electron chi connectivity index (χ1n) is 7.57. The van der Waals surface area contributed by atoms with Crippen LogP contribution in [0, 0.1) is 0 Å². The molecular formula is C16H19ClO7. The summed E-state index contributed by atoms with van der Waals surface area (Å²) < 4.78 is 21.8. The number of hydrogen-bond donors (Lipinski definition) is 2. The minimum Gasteiger partial charge on any atom is -0.429 e. The van der Waals surface area contributed by atoms with Gasteiger partial charge < -0.3 is 29.2 Å². The molecule has 2 N–H and O–H groups in total. The molecule has 0 radical (unpaired) electrons. The third kappa shape index (κ3) is 3.56. The molecule has 0 aliphatic carbocycles. The molecule has 0 saturated carbocycles. The molecule has 7 nitrogen and oxygen atoms in total. The molecule has 0 amide bonds. The van der Waals surface area contributed by atoms with E-state index in [-0.39, 0.29) is 12.2 Å². The topological polar surface area (TPSA) is 94.5 Å². The number of halogens is 1. The zero-order valence-electron chi connectivity index (χ0n) is 13.2. The van der Waals surface area contributed by atoms with E-state index in [1.54, 1.807) is 26.0 Å². The third-order valence-corrected chi connectivity index (χ3v) is 4.17. The molecule has 0 spiro atoms. The Labute approximate surface area is 144 Å². The molecule has 1 aromatic carbocycles. The van der Waals surface area contributed by atoms with Crippen LogP contribution in [0.4, 0.5) is 0 Å². The van der Waals surface area contributed by atoms with E-state index in [4.69, 9.17) is 30.5 Å². The number of benzene rings is 1. The summed E-state index contributed by atoms with van der Waals surface area (Å²) in [4.78, 5) is 12.2. The van der Waals surface area contributed by atoms with Gasteiger partial charge >= 0.3 is 5.97 Å². The van der Waals surface area contributed by atoms with Crippen LogP contribution in [0.15, 0.2) is 24.3 Å². The summed E-state index contributed by atoms with van der Waals surface area (Å²) in [6.07, 6.45) is -5.48. The molecule has 1 aromatic rings. The summed E-state index contributed by atoms with van der Waals surface area (Å²) in [6.45, 7) is 3.55. The average molecular weight is 359 g/mol. The summed E-state index contributed by atoms with van der Waals surface area (Å²) in [6, 6.07) is 6.19. The van der Waals surface area contributed by atoms with Crippen LogP contribution in [-0.2, 0) is 18.9 Å². The Morgan fingerprint density at radius 3 is 2.79 bits per heavy atom. The first-order chi connectivity index (χ1) is 11.3. The molecule has 24 heavy (non-hydrogen) atoms. The maximum atomic E-state index is 12.2. The van der Waals surface area contributed by atoms with Gasteiger partial charge in [0.1, 0.15) is 24.4 Å². The largest absolute Gasteiger partial charge is 0.429 e. The van der Waals surface area contributed by atoms with Gasteiger partial charge in [-0.15, -0.1) is 0 Å². The Balaban J connectivity index is 1.70. The highest BCUT2D eigenvalue weighted by atomic mass is 35.5. The minimum absolute atomic E-state index is 0.145. The molecule has 5 atom stereocenters. The van der Waals surface area contributed by atoms with E-state index in [0.717, 1.165) is 0 Å². The lowest BCUT2D eigenvalue weighted by Gasteiger charge is -2.48. The highest BCUT2D eigenvalue weighted by molar-refractivity contribution is 6.30. The number of carbonyl (C=O) groups is 1. The standard InChI is InChI=1S/C16H19ClO7/c1-16(2)21-7-10-13(24-16)11(18)12(19)15(22-10)23-14(20)8-4-3-5-9(17)6-8/h3-6,10-13,15,18-19H,7H2,1-2H3/t10-,11+,12-,13-,15+/m1/s1. The fourth-order valence-electron chi connectivity index (χ4n) is 2.72. The Hall–Kier alpha value is -1.22. The second-order valence-corrected chi connectivity index (χ2v) is 6.67. The van der Waals surface area contributed by atoms with Crippen molar-refractivity contribution in [2.24, 2.45) is 0 Å². The van der Waals surface area contributed by atoms with Crippen molar-refractivity contribution in [3.63, 3.8) is 0 Å². The van der Waals surface area contributed by atoms with Crippen molar-refractivity contribution in [1.82, 2.24) is 0 Å². The minimum atomic E-state index is -1.44. The van der Waals surface area contributed by atoms with Crippen LogP contribution in [0.3, 0.4) is 0 Å². The fraction of sp³-hybridized carbons (Fsp3) is 0.562. The van der Waals surface area contributed by atoms with Gasteiger partial charge in [-0.1, -0.05) is 17.7 Å². The van der Waals surface area contributed by atoms with Crippen molar-refractivity contribution in [2.45, 2.75) is 50.3 Å². The molecule has 2 aliphatic rings. The second-order valence-electron chi connectivity index (χ2n) is 6.23. The quantitative estimate of drug-likeness (QED) is 0.764. The highest BCUT2D eigenvalue weighted by Crippen LogP contribution is 2.33. The molecule has 8 heteroatoms.